The summed E-state index contributed by atoms with van der Waals surface area (Å²) in [5.74, 6) is 1.98. The van der Waals surface area contributed by atoms with Crippen molar-refractivity contribution in [1.82, 2.24) is 0 Å². The third kappa shape index (κ3) is 3.34. The summed E-state index contributed by atoms with van der Waals surface area (Å²) in [6.07, 6.45) is 10.2. The van der Waals surface area contributed by atoms with E-state index in [0.29, 0.717) is 10.1 Å². The van der Waals surface area contributed by atoms with Gasteiger partial charge in [-0.2, -0.15) is 0 Å². The Kier molecular flexibility index (Phi) is 5.67. The highest BCUT2D eigenvalue weighted by Gasteiger charge is 2.65. The fraction of sp³-hybridized carbons (Fsp3) is 0.636. The molecule has 0 nitrogen and oxygen atoms in total. The summed E-state index contributed by atoms with van der Waals surface area (Å²) in [4.78, 5) is 0. The maximum Gasteiger partial charge on any atom is 0.0957 e. The lowest BCUT2D eigenvalue weighted by Crippen LogP contribution is -2.64. The predicted octanol–water partition coefficient (Wildman–Crippen LogP) is 8.36. The maximum absolute atomic E-state index is 2.63. The van der Waals surface area contributed by atoms with Gasteiger partial charge in [0.25, 0.3) is 0 Å². The molecule has 2 aliphatic carbocycles. The van der Waals surface area contributed by atoms with Crippen LogP contribution in [0.2, 0.25) is 33.2 Å². The highest BCUT2D eigenvalue weighted by Crippen LogP contribution is 2.69. The van der Waals surface area contributed by atoms with E-state index in [1.165, 1.54) is 37.8 Å². The predicted molar refractivity (Wildman–Crippen MR) is 158 cm³/mol. The Labute approximate surface area is 217 Å². The van der Waals surface area contributed by atoms with E-state index in [-0.39, 0.29) is 0 Å². The molecule has 6 atom stereocenters. The minimum Gasteiger partial charge on any atom is -0.0627 e. The quantitative estimate of drug-likeness (QED) is 0.363. The smallest absolute Gasteiger partial charge is 0.0627 e. The van der Waals surface area contributed by atoms with Crippen LogP contribution in [0.1, 0.15) is 84.8 Å². The fourth-order valence-corrected chi connectivity index (χ4v) is 25.5. The van der Waals surface area contributed by atoms with Gasteiger partial charge in [-0.25, -0.2) is 0 Å². The molecule has 2 aliphatic heterocycles. The normalized spacial score (nSPS) is 36.6. The van der Waals surface area contributed by atoms with Gasteiger partial charge in [0, 0.05) is 0 Å². The summed E-state index contributed by atoms with van der Waals surface area (Å²) in [6.45, 7) is 15.8. The molecule has 0 amide bonds. The lowest BCUT2D eigenvalue weighted by Gasteiger charge is -2.57. The zero-order valence-electron chi connectivity index (χ0n) is 23.3. The number of fused-ring (bicyclic) bond motifs is 4. The molecule has 2 heterocycles. The van der Waals surface area contributed by atoms with Crippen LogP contribution in [0.15, 0.2) is 48.5 Å². The van der Waals surface area contributed by atoms with Crippen molar-refractivity contribution in [2.24, 2.45) is 11.8 Å². The third-order valence-electron chi connectivity index (χ3n) is 11.8. The van der Waals surface area contributed by atoms with Crippen molar-refractivity contribution >= 4 is 26.5 Å². The number of benzene rings is 2. The van der Waals surface area contributed by atoms with Crippen LogP contribution in [0.25, 0.3) is 0 Å². The van der Waals surface area contributed by atoms with E-state index in [2.05, 4.69) is 90.1 Å². The molecule has 6 rings (SSSR count). The Morgan fingerprint density at radius 2 is 0.971 bits per heavy atom. The van der Waals surface area contributed by atoms with E-state index in [4.69, 9.17) is 0 Å². The lowest BCUT2D eigenvalue weighted by molar-refractivity contribution is 0.435. The van der Waals surface area contributed by atoms with Gasteiger partial charge in [0.15, 0.2) is 0 Å². The Balaban J connectivity index is 1.41. The molecule has 2 fully saturated rings. The van der Waals surface area contributed by atoms with Crippen molar-refractivity contribution in [2.45, 2.75) is 120 Å². The fourth-order valence-electron chi connectivity index (χ4n) is 10.7. The standard InChI is InChI=1S/C33H48Si2/c1-32(2,3)34(19-11-15-24-13-7-9-17-28(24)34)30-22-27-21-26(30)23-31(27)35(33(4,5)6)20-12-16-25-14-8-10-18-29(25)35/h7-10,13-14,17-18,26-27,30-31H,11-12,15-16,19-23H2,1-6H3/t26-,27-,30+,31+,34+,35+/m1/s1. The summed E-state index contributed by atoms with van der Waals surface area (Å²) in [5.41, 5.74) is 5.47. The Hall–Kier alpha value is -1.13. The van der Waals surface area contributed by atoms with Gasteiger partial charge in [-0.05, 0) is 76.2 Å². The molecule has 0 radical (unpaired) electrons. The molecular weight excluding hydrogens is 453 g/mol. The van der Waals surface area contributed by atoms with Crippen molar-refractivity contribution in [3.8, 4) is 0 Å². The van der Waals surface area contributed by atoms with Crippen molar-refractivity contribution in [3.63, 3.8) is 0 Å². The van der Waals surface area contributed by atoms with Gasteiger partial charge < -0.3 is 0 Å². The largest absolute Gasteiger partial charge is 0.0957 e. The molecule has 0 N–H and O–H groups in total. The van der Waals surface area contributed by atoms with E-state index in [0.717, 1.165) is 22.9 Å². The van der Waals surface area contributed by atoms with E-state index < -0.39 is 16.1 Å². The first kappa shape index (κ1) is 24.2. The van der Waals surface area contributed by atoms with Crippen LogP contribution in [0.3, 0.4) is 0 Å². The molecule has 2 heteroatoms. The topological polar surface area (TPSA) is 0 Å². The molecule has 188 valence electrons. The van der Waals surface area contributed by atoms with Crippen molar-refractivity contribution < 1.29 is 0 Å². The van der Waals surface area contributed by atoms with E-state index >= 15 is 0 Å². The van der Waals surface area contributed by atoms with Crippen molar-refractivity contribution in [3.05, 3.63) is 59.7 Å². The molecule has 4 aliphatic rings. The van der Waals surface area contributed by atoms with E-state index in [1.807, 2.05) is 10.4 Å². The number of rotatable bonds is 2. The average molecular weight is 501 g/mol. The summed E-state index contributed by atoms with van der Waals surface area (Å²) in [6, 6.07) is 22.6. The number of hydrogen-bond donors (Lipinski definition) is 0. The molecule has 2 aromatic rings. The Morgan fingerprint density at radius 3 is 1.34 bits per heavy atom. The second-order valence-corrected chi connectivity index (χ2v) is 25.4. The summed E-state index contributed by atoms with van der Waals surface area (Å²) in [7, 11) is -3.26. The maximum atomic E-state index is 2.63. The zero-order chi connectivity index (χ0) is 24.6. The van der Waals surface area contributed by atoms with Gasteiger partial charge in [0.2, 0.25) is 0 Å². The van der Waals surface area contributed by atoms with Gasteiger partial charge in [-0.3, -0.25) is 0 Å². The zero-order valence-corrected chi connectivity index (χ0v) is 25.3. The van der Waals surface area contributed by atoms with Crippen molar-refractivity contribution in [1.29, 1.82) is 0 Å². The molecular formula is C33H48Si2. The highest BCUT2D eigenvalue weighted by atomic mass is 28.3. The first-order valence-electron chi connectivity index (χ1n) is 14.8. The molecule has 35 heavy (non-hydrogen) atoms. The first-order valence-corrected chi connectivity index (χ1v) is 19.3. The minimum absolute atomic E-state index is 0.449. The van der Waals surface area contributed by atoms with Gasteiger partial charge in [0.05, 0.1) is 16.1 Å². The molecule has 2 bridgehead atoms. The molecule has 2 aromatic carbocycles. The Morgan fingerprint density at radius 1 is 0.571 bits per heavy atom. The molecule has 0 unspecified atom stereocenters. The van der Waals surface area contributed by atoms with Crippen LogP contribution < -0.4 is 10.4 Å². The Bertz CT molecular complexity index is 1020. The molecule has 2 saturated carbocycles. The van der Waals surface area contributed by atoms with E-state index in [1.54, 1.807) is 30.4 Å². The first-order chi connectivity index (χ1) is 16.6. The average Bonchev–Trinajstić information content (AvgIpc) is 3.43. The summed E-state index contributed by atoms with van der Waals surface area (Å²) >= 11 is 0. The lowest BCUT2D eigenvalue weighted by atomic mass is 9.99. The van der Waals surface area contributed by atoms with Gasteiger partial charge in [-0.1, -0.05) is 125 Å². The summed E-state index contributed by atoms with van der Waals surface area (Å²) in [5, 5.41) is 4.65. The second-order valence-electron chi connectivity index (χ2n) is 14.9. The highest BCUT2D eigenvalue weighted by molar-refractivity contribution is 6.97. The van der Waals surface area contributed by atoms with Crippen LogP contribution in [0, 0.1) is 11.8 Å². The van der Waals surface area contributed by atoms with Crippen LogP contribution in [-0.2, 0) is 12.8 Å². The van der Waals surface area contributed by atoms with Crippen LogP contribution in [-0.4, -0.2) is 16.1 Å². The van der Waals surface area contributed by atoms with Gasteiger partial charge >= 0.3 is 0 Å². The van der Waals surface area contributed by atoms with Crippen molar-refractivity contribution in [2.75, 3.05) is 0 Å². The number of hydrogen-bond acceptors (Lipinski definition) is 0. The van der Waals surface area contributed by atoms with Crippen LogP contribution in [0.5, 0.6) is 0 Å². The molecule has 0 aromatic heterocycles. The summed E-state index contributed by atoms with van der Waals surface area (Å²) < 4.78 is 0. The van der Waals surface area contributed by atoms with Gasteiger partial charge in [0.1, 0.15) is 0 Å². The van der Waals surface area contributed by atoms with Gasteiger partial charge in [-0.15, -0.1) is 0 Å². The van der Waals surface area contributed by atoms with E-state index in [9.17, 15) is 0 Å². The minimum atomic E-state index is -1.63. The molecule has 0 saturated heterocycles. The SMILES string of the molecule is CC(C)(C)[Si@@]1([C@H]2C[C@H]3C[C@@H]2C[C@@H]3[Si@]2(C(C)(C)C)CCCc3ccccc32)CCCc2ccccc21. The van der Waals surface area contributed by atoms with Crippen LogP contribution in [0.4, 0.5) is 0 Å². The second kappa shape index (κ2) is 8.19. The monoisotopic (exact) mass is 500 g/mol. The number of aryl methyl sites for hydroxylation is 2. The van der Waals surface area contributed by atoms with Crippen LogP contribution >= 0.6 is 0 Å². The molecule has 0 spiro atoms. The third-order valence-corrected chi connectivity index (χ3v) is 26.3.